The molecule has 0 aromatic carbocycles. The number of fused-ring (bicyclic) bond motifs is 2. The molecular weight excluding hydrogens is 342 g/mol. The van der Waals surface area contributed by atoms with Gasteiger partial charge < -0.3 is 10.0 Å². The second-order valence-electron chi connectivity index (χ2n) is 7.04. The maximum atomic E-state index is 13.0. The van der Waals surface area contributed by atoms with Crippen molar-refractivity contribution in [2.45, 2.75) is 12.8 Å². The Labute approximate surface area is 147 Å². The molecule has 2 atom stereocenters. The Bertz CT molecular complexity index is 988. The molecule has 0 amide bonds. The van der Waals surface area contributed by atoms with E-state index in [0.717, 1.165) is 25.3 Å². The third-order valence-corrected chi connectivity index (χ3v) is 5.47. The molecule has 5 rings (SSSR count). The zero-order chi connectivity index (χ0) is 17.9. The molecule has 2 aliphatic rings. The van der Waals surface area contributed by atoms with E-state index >= 15 is 0 Å². The number of imidazole rings is 1. The van der Waals surface area contributed by atoms with Crippen LogP contribution in [-0.2, 0) is 0 Å². The number of aliphatic hydroxyl groups is 1. The topological polar surface area (TPSA) is 79.4 Å². The van der Waals surface area contributed by atoms with Crippen molar-refractivity contribution in [2.24, 2.45) is 11.3 Å². The number of nitrogens with zero attached hydrogens (tertiary/aromatic N) is 6. The molecule has 1 aliphatic heterocycles. The maximum absolute atomic E-state index is 13.0. The van der Waals surface area contributed by atoms with Crippen LogP contribution in [0.15, 0.2) is 30.7 Å². The van der Waals surface area contributed by atoms with Crippen LogP contribution < -0.4 is 4.90 Å². The van der Waals surface area contributed by atoms with Crippen LogP contribution in [0.2, 0.25) is 0 Å². The van der Waals surface area contributed by atoms with Crippen LogP contribution in [0.25, 0.3) is 17.0 Å². The summed E-state index contributed by atoms with van der Waals surface area (Å²) in [6, 6.07) is 4.60. The van der Waals surface area contributed by atoms with Crippen molar-refractivity contribution in [3.63, 3.8) is 0 Å². The molecule has 3 aromatic heterocycles. The molecule has 1 N–H and O–H groups in total. The fourth-order valence-corrected chi connectivity index (χ4v) is 3.85. The van der Waals surface area contributed by atoms with E-state index in [9.17, 15) is 13.9 Å². The first-order valence-corrected chi connectivity index (χ1v) is 8.41. The molecule has 2 unspecified atom stereocenters. The highest BCUT2D eigenvalue weighted by atomic mass is 19.3. The molecule has 1 saturated carbocycles. The summed E-state index contributed by atoms with van der Waals surface area (Å²) in [5, 5.41) is 13.6. The van der Waals surface area contributed by atoms with Gasteiger partial charge in [-0.3, -0.25) is 0 Å². The highest BCUT2D eigenvalue weighted by molar-refractivity contribution is 5.62. The molecular formula is C17H16F2N6O. The number of halogens is 2. The fraction of sp³-hybridized carbons (Fsp3) is 0.412. The SMILES string of the molecule is OCC12CC1CN(c1cc(-c3cnc4ccc(C(F)F)nn34)ncn1)C2. The van der Waals surface area contributed by atoms with Gasteiger partial charge in [0.15, 0.2) is 5.65 Å². The minimum atomic E-state index is -2.65. The summed E-state index contributed by atoms with van der Waals surface area (Å²) < 4.78 is 27.3. The van der Waals surface area contributed by atoms with Crippen molar-refractivity contribution in [2.75, 3.05) is 24.6 Å². The average molecular weight is 358 g/mol. The summed E-state index contributed by atoms with van der Waals surface area (Å²) in [4.78, 5) is 15.0. The molecule has 0 radical (unpaired) electrons. The number of hydrogen-bond donors (Lipinski definition) is 1. The third-order valence-electron chi connectivity index (χ3n) is 5.47. The van der Waals surface area contributed by atoms with Crippen LogP contribution in [0.1, 0.15) is 18.5 Å². The molecule has 1 saturated heterocycles. The Morgan fingerprint density at radius 2 is 2.15 bits per heavy atom. The van der Waals surface area contributed by atoms with Crippen molar-refractivity contribution in [3.05, 3.63) is 36.4 Å². The number of anilines is 1. The monoisotopic (exact) mass is 358 g/mol. The summed E-state index contributed by atoms with van der Waals surface area (Å²) in [6.45, 7) is 1.82. The van der Waals surface area contributed by atoms with E-state index in [1.165, 1.54) is 23.0 Å². The first-order chi connectivity index (χ1) is 12.6. The Balaban J connectivity index is 1.51. The van der Waals surface area contributed by atoms with Crippen LogP contribution in [0.3, 0.4) is 0 Å². The predicted molar refractivity (Wildman–Crippen MR) is 88.8 cm³/mol. The second kappa shape index (κ2) is 5.41. The summed E-state index contributed by atoms with van der Waals surface area (Å²) in [5.41, 5.74) is 1.29. The third kappa shape index (κ3) is 2.27. The van der Waals surface area contributed by atoms with E-state index in [-0.39, 0.29) is 17.7 Å². The zero-order valence-corrected chi connectivity index (χ0v) is 13.8. The largest absolute Gasteiger partial charge is 0.396 e. The molecule has 134 valence electrons. The van der Waals surface area contributed by atoms with Crippen LogP contribution >= 0.6 is 0 Å². The Morgan fingerprint density at radius 1 is 1.27 bits per heavy atom. The lowest BCUT2D eigenvalue weighted by Crippen LogP contribution is -2.26. The second-order valence-corrected chi connectivity index (χ2v) is 7.04. The van der Waals surface area contributed by atoms with Gasteiger partial charge in [-0.1, -0.05) is 0 Å². The Kier molecular flexibility index (Phi) is 3.24. The number of aromatic nitrogens is 5. The number of hydrogen-bond acceptors (Lipinski definition) is 6. The van der Waals surface area contributed by atoms with E-state index in [4.69, 9.17) is 0 Å². The smallest absolute Gasteiger partial charge is 0.282 e. The minimum absolute atomic E-state index is 0.0160. The average Bonchev–Trinajstić information content (AvgIpc) is 3.03. The van der Waals surface area contributed by atoms with E-state index in [1.54, 1.807) is 6.20 Å². The van der Waals surface area contributed by atoms with Gasteiger partial charge >= 0.3 is 0 Å². The van der Waals surface area contributed by atoms with E-state index in [1.807, 2.05) is 6.07 Å². The number of piperidine rings is 1. The van der Waals surface area contributed by atoms with Crippen LogP contribution in [-0.4, -0.2) is 49.4 Å². The van der Waals surface area contributed by atoms with Crippen molar-refractivity contribution >= 4 is 11.5 Å². The molecule has 7 nitrogen and oxygen atoms in total. The highest BCUT2D eigenvalue weighted by Gasteiger charge is 2.59. The molecule has 4 heterocycles. The van der Waals surface area contributed by atoms with E-state index < -0.39 is 6.43 Å². The van der Waals surface area contributed by atoms with Crippen LogP contribution in [0.5, 0.6) is 0 Å². The standard InChI is InChI=1S/C17H16F2N6O/c18-16(19)11-1-2-14-20-5-13(25(14)23-11)12-3-15(22-9-21-12)24-6-10-4-17(10,7-24)8-26/h1-3,5,9-10,16,26H,4,6-8H2. The molecule has 9 heteroatoms. The summed E-state index contributed by atoms with van der Waals surface area (Å²) in [7, 11) is 0. The van der Waals surface area contributed by atoms with E-state index in [2.05, 4.69) is 25.0 Å². The Hall–Kier alpha value is -2.68. The highest BCUT2D eigenvalue weighted by Crippen LogP contribution is 2.57. The van der Waals surface area contributed by atoms with Gasteiger partial charge in [-0.2, -0.15) is 5.10 Å². The normalized spacial score (nSPS) is 24.5. The Morgan fingerprint density at radius 3 is 2.92 bits per heavy atom. The number of aliphatic hydroxyl groups excluding tert-OH is 1. The minimum Gasteiger partial charge on any atom is -0.396 e. The zero-order valence-electron chi connectivity index (χ0n) is 13.8. The van der Waals surface area contributed by atoms with Gasteiger partial charge in [0.25, 0.3) is 6.43 Å². The molecule has 26 heavy (non-hydrogen) atoms. The lowest BCUT2D eigenvalue weighted by Gasteiger charge is -2.21. The molecule has 3 aromatic rings. The van der Waals surface area contributed by atoms with Gasteiger partial charge in [-0.05, 0) is 24.5 Å². The van der Waals surface area contributed by atoms with Crippen molar-refractivity contribution in [3.8, 4) is 11.4 Å². The predicted octanol–water partition coefficient (Wildman–Crippen LogP) is 1.94. The van der Waals surface area contributed by atoms with Gasteiger partial charge in [0, 0.05) is 24.6 Å². The van der Waals surface area contributed by atoms with Gasteiger partial charge in [-0.25, -0.2) is 28.2 Å². The lowest BCUT2D eigenvalue weighted by atomic mass is 10.1. The van der Waals surface area contributed by atoms with Crippen molar-refractivity contribution in [1.82, 2.24) is 24.6 Å². The fourth-order valence-electron chi connectivity index (χ4n) is 3.85. The van der Waals surface area contributed by atoms with Gasteiger partial charge in [0.2, 0.25) is 0 Å². The molecule has 0 bridgehead atoms. The van der Waals surface area contributed by atoms with Gasteiger partial charge in [0.1, 0.15) is 23.5 Å². The van der Waals surface area contributed by atoms with Crippen molar-refractivity contribution in [1.29, 1.82) is 0 Å². The van der Waals surface area contributed by atoms with Crippen molar-refractivity contribution < 1.29 is 13.9 Å². The van der Waals surface area contributed by atoms with E-state index in [0.29, 0.717) is 23.0 Å². The number of alkyl halides is 2. The quantitative estimate of drug-likeness (QED) is 0.768. The van der Waals surface area contributed by atoms with Gasteiger partial charge in [0.05, 0.1) is 18.5 Å². The first kappa shape index (κ1) is 15.6. The summed E-state index contributed by atoms with van der Waals surface area (Å²) in [6.07, 6.45) is 1.43. The lowest BCUT2D eigenvalue weighted by molar-refractivity contribution is 0.144. The first-order valence-electron chi connectivity index (χ1n) is 8.41. The van der Waals surface area contributed by atoms with Gasteiger partial charge in [-0.15, -0.1) is 0 Å². The molecule has 2 fully saturated rings. The maximum Gasteiger partial charge on any atom is 0.282 e. The van der Waals surface area contributed by atoms with Crippen LogP contribution in [0.4, 0.5) is 14.6 Å². The summed E-state index contributed by atoms with van der Waals surface area (Å²) in [5.74, 6) is 1.27. The molecule has 1 aliphatic carbocycles. The summed E-state index contributed by atoms with van der Waals surface area (Å²) >= 11 is 0. The number of rotatable bonds is 4. The van der Waals surface area contributed by atoms with Crippen LogP contribution in [0, 0.1) is 11.3 Å². The molecule has 0 spiro atoms.